The van der Waals surface area contributed by atoms with Gasteiger partial charge in [-0.3, -0.25) is 0 Å². The summed E-state index contributed by atoms with van der Waals surface area (Å²) in [5.41, 5.74) is -0.391. The maximum atomic E-state index is 14.3. The van der Waals surface area contributed by atoms with E-state index in [1.54, 1.807) is 37.3 Å². The molecule has 6 nitrogen and oxygen atoms in total. The molecular weight excluding hydrogens is 427 g/mol. The van der Waals surface area contributed by atoms with E-state index in [4.69, 9.17) is 21.1 Å². The van der Waals surface area contributed by atoms with E-state index in [-0.39, 0.29) is 25.4 Å². The second-order valence-corrected chi connectivity index (χ2v) is 8.84. The van der Waals surface area contributed by atoms with Crippen LogP contribution in [-0.4, -0.2) is 58.6 Å². The van der Waals surface area contributed by atoms with Crippen molar-refractivity contribution in [1.29, 1.82) is 0 Å². The van der Waals surface area contributed by atoms with Crippen molar-refractivity contribution in [3.05, 3.63) is 63.9 Å². The second kappa shape index (κ2) is 8.31. The second-order valence-electron chi connectivity index (χ2n) is 8.44. The minimum Gasteiger partial charge on any atom is -0.491 e. The molecule has 31 heavy (non-hydrogen) atoms. The molecule has 1 heterocycles. The van der Waals surface area contributed by atoms with Crippen LogP contribution >= 0.6 is 11.6 Å². The predicted molar refractivity (Wildman–Crippen MR) is 112 cm³/mol. The van der Waals surface area contributed by atoms with Gasteiger partial charge < -0.3 is 29.9 Å². The van der Waals surface area contributed by atoms with Crippen LogP contribution in [0.1, 0.15) is 30.0 Å². The summed E-state index contributed by atoms with van der Waals surface area (Å²) in [6, 6.07) is 9.85. The van der Waals surface area contributed by atoms with Crippen LogP contribution in [0.2, 0.25) is 5.02 Å². The lowest BCUT2D eigenvalue weighted by atomic mass is 9.64. The Morgan fingerprint density at radius 1 is 1.16 bits per heavy atom. The van der Waals surface area contributed by atoms with Gasteiger partial charge in [-0.1, -0.05) is 29.8 Å². The molecule has 0 spiro atoms. The maximum Gasteiger partial charge on any atom is 0.165 e. The molecule has 2 aromatic carbocycles. The topological polar surface area (TPSA) is 99.4 Å². The van der Waals surface area contributed by atoms with Crippen molar-refractivity contribution in [3.8, 4) is 5.75 Å². The molecule has 0 amide bonds. The summed E-state index contributed by atoms with van der Waals surface area (Å²) in [6.07, 6.45) is -3.68. The monoisotopic (exact) mass is 452 g/mol. The zero-order valence-electron chi connectivity index (χ0n) is 17.1. The van der Waals surface area contributed by atoms with Crippen molar-refractivity contribution in [2.24, 2.45) is 5.41 Å². The van der Waals surface area contributed by atoms with Crippen molar-refractivity contribution in [1.82, 2.24) is 0 Å². The van der Waals surface area contributed by atoms with Gasteiger partial charge in [0.15, 0.2) is 11.6 Å². The van der Waals surface area contributed by atoms with Crippen molar-refractivity contribution in [2.75, 3.05) is 19.8 Å². The molecule has 1 saturated carbocycles. The summed E-state index contributed by atoms with van der Waals surface area (Å²) in [5.74, 6) is -0.278. The van der Waals surface area contributed by atoms with Gasteiger partial charge in [0.2, 0.25) is 0 Å². The third-order valence-corrected chi connectivity index (χ3v) is 6.89. The Kier molecular flexibility index (Phi) is 6.02. The van der Waals surface area contributed by atoms with Crippen LogP contribution in [0.5, 0.6) is 5.75 Å². The molecule has 2 aromatic rings. The van der Waals surface area contributed by atoms with E-state index >= 15 is 0 Å². The first-order valence-electron chi connectivity index (χ1n) is 10.3. The number of aliphatic hydroxyl groups excluding tert-OH is 4. The van der Waals surface area contributed by atoms with Crippen LogP contribution in [0.25, 0.3) is 0 Å². The SMILES string of the molecule is CCOc1ccc(Cc2cc([C@]34C[C@](CO)(CO3)[C@H](O)[C@H](O)[C@H]4O)ccc2Cl)cc1F. The summed E-state index contributed by atoms with van der Waals surface area (Å²) in [6.45, 7) is 1.76. The Morgan fingerprint density at radius 3 is 2.61 bits per heavy atom. The quantitative estimate of drug-likeness (QED) is 0.536. The molecule has 1 saturated heterocycles. The highest BCUT2D eigenvalue weighted by molar-refractivity contribution is 6.31. The van der Waals surface area contributed by atoms with Gasteiger partial charge in [-0.25, -0.2) is 4.39 Å². The number of hydrogen-bond acceptors (Lipinski definition) is 6. The van der Waals surface area contributed by atoms with Crippen molar-refractivity contribution >= 4 is 11.6 Å². The van der Waals surface area contributed by atoms with Gasteiger partial charge in [-0.05, 0) is 54.7 Å². The third kappa shape index (κ3) is 3.63. The molecule has 0 radical (unpaired) electrons. The standard InChI is InChI=1S/C23H26ClFO6/c1-2-30-18-6-3-13(8-17(18)25)7-14-9-15(4-5-16(14)24)23-10-22(11-26,12-31-23)20(28)19(27)21(23)29/h3-6,8-9,19-21,26-29H,2,7,10-12H2,1H3/t19-,20+,21+,22-,23-/m0/s1. The number of halogens is 2. The van der Waals surface area contributed by atoms with E-state index in [0.717, 1.165) is 0 Å². The molecule has 5 atom stereocenters. The molecule has 4 N–H and O–H groups in total. The average Bonchev–Trinajstić information content (AvgIpc) is 3.15. The zero-order valence-corrected chi connectivity index (χ0v) is 17.8. The summed E-state index contributed by atoms with van der Waals surface area (Å²) in [4.78, 5) is 0. The van der Waals surface area contributed by atoms with Gasteiger partial charge in [0.25, 0.3) is 0 Å². The average molecular weight is 453 g/mol. The van der Waals surface area contributed by atoms with Crippen LogP contribution in [-0.2, 0) is 16.8 Å². The van der Waals surface area contributed by atoms with Gasteiger partial charge in [-0.2, -0.15) is 0 Å². The highest BCUT2D eigenvalue weighted by atomic mass is 35.5. The normalized spacial score (nSPS) is 32.3. The molecule has 168 valence electrons. The Morgan fingerprint density at radius 2 is 1.94 bits per heavy atom. The molecule has 1 aliphatic carbocycles. The third-order valence-electron chi connectivity index (χ3n) is 6.52. The van der Waals surface area contributed by atoms with Gasteiger partial charge in [-0.15, -0.1) is 0 Å². The number of ether oxygens (including phenoxy) is 2. The maximum absolute atomic E-state index is 14.3. The molecule has 1 aliphatic heterocycles. The van der Waals surface area contributed by atoms with Crippen LogP contribution in [0.3, 0.4) is 0 Å². The summed E-state index contributed by atoms with van der Waals surface area (Å²) < 4.78 is 25.4. The molecule has 0 aromatic heterocycles. The molecule has 0 unspecified atom stereocenters. The number of hydrogen-bond donors (Lipinski definition) is 4. The summed E-state index contributed by atoms with van der Waals surface area (Å²) >= 11 is 6.40. The van der Waals surface area contributed by atoms with E-state index in [0.29, 0.717) is 34.7 Å². The van der Waals surface area contributed by atoms with Crippen LogP contribution in [0, 0.1) is 11.2 Å². The molecule has 2 bridgehead atoms. The molecule has 8 heteroatoms. The predicted octanol–water partition coefficient (Wildman–Crippen LogP) is 2.16. The lowest BCUT2D eigenvalue weighted by molar-refractivity contribution is -0.188. The number of benzene rings is 2. The first-order valence-corrected chi connectivity index (χ1v) is 10.6. The molecule has 4 rings (SSSR count). The minimum absolute atomic E-state index is 0.000842. The Balaban J connectivity index is 1.68. The smallest absolute Gasteiger partial charge is 0.165 e. The largest absolute Gasteiger partial charge is 0.491 e. The van der Waals surface area contributed by atoms with Crippen molar-refractivity contribution in [2.45, 2.75) is 43.7 Å². The van der Waals surface area contributed by atoms with Gasteiger partial charge in [0, 0.05) is 10.4 Å². The van der Waals surface area contributed by atoms with Crippen molar-refractivity contribution in [3.63, 3.8) is 0 Å². The van der Waals surface area contributed by atoms with Gasteiger partial charge in [0.05, 0.1) is 25.9 Å². The zero-order chi connectivity index (χ0) is 22.4. The Hall–Kier alpha value is -1.74. The van der Waals surface area contributed by atoms with Gasteiger partial charge in [0.1, 0.15) is 17.8 Å². The first kappa shape index (κ1) is 22.5. The van der Waals surface area contributed by atoms with E-state index < -0.39 is 35.1 Å². The Labute approximate surface area is 184 Å². The molecular formula is C23H26ClFO6. The Bertz CT molecular complexity index is 971. The van der Waals surface area contributed by atoms with Crippen molar-refractivity contribution < 1.29 is 34.3 Å². The van der Waals surface area contributed by atoms with E-state index in [9.17, 15) is 24.8 Å². The molecule has 2 fully saturated rings. The number of aliphatic hydroxyl groups is 4. The lowest BCUT2D eigenvalue weighted by Gasteiger charge is -2.46. The summed E-state index contributed by atoms with van der Waals surface area (Å²) in [5, 5.41) is 42.0. The van der Waals surface area contributed by atoms with E-state index in [1.165, 1.54) is 6.07 Å². The minimum atomic E-state index is -1.47. The fourth-order valence-corrected chi connectivity index (χ4v) is 4.94. The van der Waals surface area contributed by atoms with E-state index in [2.05, 4.69) is 0 Å². The number of fused-ring (bicyclic) bond motifs is 2. The van der Waals surface area contributed by atoms with Crippen LogP contribution in [0.4, 0.5) is 4.39 Å². The number of rotatable bonds is 6. The van der Waals surface area contributed by atoms with E-state index in [1.807, 2.05) is 0 Å². The lowest BCUT2D eigenvalue weighted by Crippen LogP contribution is -2.60. The fourth-order valence-electron chi connectivity index (χ4n) is 4.76. The summed E-state index contributed by atoms with van der Waals surface area (Å²) in [7, 11) is 0. The van der Waals surface area contributed by atoms with Gasteiger partial charge >= 0.3 is 0 Å². The highest BCUT2D eigenvalue weighted by Gasteiger charge is 2.65. The van der Waals surface area contributed by atoms with Crippen LogP contribution < -0.4 is 4.74 Å². The highest BCUT2D eigenvalue weighted by Crippen LogP contribution is 2.55. The molecule has 2 aliphatic rings. The first-order chi connectivity index (χ1) is 14.8. The van der Waals surface area contributed by atoms with Crippen LogP contribution in [0.15, 0.2) is 36.4 Å². The fraction of sp³-hybridized carbons (Fsp3) is 0.478.